The fourth-order valence-electron chi connectivity index (χ4n) is 3.04. The second-order valence-electron chi connectivity index (χ2n) is 6.15. The number of sulfonamides is 1. The quantitative estimate of drug-likeness (QED) is 0.534. The number of benzene rings is 3. The topological polar surface area (TPSA) is 46.6 Å². The van der Waals surface area contributed by atoms with Gasteiger partial charge < -0.3 is 4.74 Å². The number of hydrogen-bond acceptors (Lipinski definition) is 3. The number of ether oxygens (including phenoxy) is 1. The van der Waals surface area contributed by atoms with E-state index < -0.39 is 21.9 Å². The Bertz CT molecular complexity index is 1070. The highest BCUT2D eigenvalue weighted by atomic mass is 35.5. The van der Waals surface area contributed by atoms with Crippen molar-refractivity contribution in [1.29, 1.82) is 0 Å². The SMILES string of the molecule is COc1ccccc1[C@@H](C)N(c1cccc(Cl)c1)S(=O)(=O)c1ccc(F)cc1. The Labute approximate surface area is 169 Å². The highest BCUT2D eigenvalue weighted by molar-refractivity contribution is 7.92. The summed E-state index contributed by atoms with van der Waals surface area (Å²) >= 11 is 6.12. The first-order valence-corrected chi connectivity index (χ1v) is 10.3. The van der Waals surface area contributed by atoms with Gasteiger partial charge in [-0.1, -0.05) is 35.9 Å². The first-order chi connectivity index (χ1) is 13.3. The molecule has 3 aromatic rings. The van der Waals surface area contributed by atoms with Gasteiger partial charge in [0.1, 0.15) is 11.6 Å². The minimum atomic E-state index is -4.01. The lowest BCUT2D eigenvalue weighted by atomic mass is 10.1. The van der Waals surface area contributed by atoms with Crippen molar-refractivity contribution in [2.24, 2.45) is 0 Å². The van der Waals surface area contributed by atoms with E-state index in [0.717, 1.165) is 12.1 Å². The molecule has 0 aromatic heterocycles. The van der Waals surface area contributed by atoms with Crippen LogP contribution in [0.3, 0.4) is 0 Å². The zero-order chi connectivity index (χ0) is 20.3. The van der Waals surface area contributed by atoms with Crippen LogP contribution in [0.1, 0.15) is 18.5 Å². The normalized spacial score (nSPS) is 12.4. The molecule has 0 unspecified atom stereocenters. The third kappa shape index (κ3) is 3.98. The minimum Gasteiger partial charge on any atom is -0.496 e. The highest BCUT2D eigenvalue weighted by Gasteiger charge is 2.32. The average Bonchev–Trinajstić information content (AvgIpc) is 2.68. The number of hydrogen-bond donors (Lipinski definition) is 0. The molecule has 0 bridgehead atoms. The number of halogens is 2. The molecule has 0 amide bonds. The van der Waals surface area contributed by atoms with E-state index in [1.54, 1.807) is 43.3 Å². The monoisotopic (exact) mass is 419 g/mol. The Balaban J connectivity index is 2.19. The van der Waals surface area contributed by atoms with Gasteiger partial charge in [-0.05, 0) is 55.5 Å². The van der Waals surface area contributed by atoms with E-state index in [1.165, 1.54) is 23.5 Å². The van der Waals surface area contributed by atoms with Crippen molar-refractivity contribution in [3.05, 3.63) is 89.2 Å². The Morgan fingerprint density at radius 2 is 1.68 bits per heavy atom. The first-order valence-electron chi connectivity index (χ1n) is 8.53. The van der Waals surface area contributed by atoms with Crippen molar-refractivity contribution in [1.82, 2.24) is 0 Å². The molecular formula is C21H19ClFNO3S. The van der Waals surface area contributed by atoms with Crippen LogP contribution in [0.4, 0.5) is 10.1 Å². The molecule has 28 heavy (non-hydrogen) atoms. The molecular weight excluding hydrogens is 401 g/mol. The van der Waals surface area contributed by atoms with E-state index in [4.69, 9.17) is 16.3 Å². The molecule has 0 saturated heterocycles. The Kier molecular flexibility index (Phi) is 5.91. The van der Waals surface area contributed by atoms with Gasteiger partial charge in [0.25, 0.3) is 10.0 Å². The van der Waals surface area contributed by atoms with Crippen LogP contribution in [0.5, 0.6) is 5.75 Å². The van der Waals surface area contributed by atoms with Crippen molar-refractivity contribution < 1.29 is 17.5 Å². The van der Waals surface area contributed by atoms with Crippen LogP contribution < -0.4 is 9.04 Å². The predicted octanol–water partition coefficient (Wildman–Crippen LogP) is 5.44. The van der Waals surface area contributed by atoms with Gasteiger partial charge in [-0.2, -0.15) is 0 Å². The van der Waals surface area contributed by atoms with E-state index in [1.807, 2.05) is 12.1 Å². The number of nitrogens with zero attached hydrogens (tertiary/aromatic N) is 1. The smallest absolute Gasteiger partial charge is 0.264 e. The number of anilines is 1. The largest absolute Gasteiger partial charge is 0.496 e. The fraction of sp³-hybridized carbons (Fsp3) is 0.143. The molecule has 0 aliphatic heterocycles. The Hall–Kier alpha value is -2.57. The second-order valence-corrected chi connectivity index (χ2v) is 8.40. The van der Waals surface area contributed by atoms with E-state index in [2.05, 4.69) is 0 Å². The Morgan fingerprint density at radius 1 is 1.00 bits per heavy atom. The van der Waals surface area contributed by atoms with Gasteiger partial charge in [-0.3, -0.25) is 4.31 Å². The van der Waals surface area contributed by atoms with Crippen molar-refractivity contribution in [2.75, 3.05) is 11.4 Å². The standard InChI is InChI=1S/C21H19ClFNO3S/c1-15(20-8-3-4-9-21(20)27-2)24(18-7-5-6-16(22)14-18)28(25,26)19-12-10-17(23)11-13-19/h3-15H,1-2H3/t15-/m1/s1. The maximum Gasteiger partial charge on any atom is 0.264 e. The lowest BCUT2D eigenvalue weighted by Crippen LogP contribution is -2.34. The summed E-state index contributed by atoms with van der Waals surface area (Å²) in [6.45, 7) is 1.76. The summed E-state index contributed by atoms with van der Waals surface area (Å²) in [5.74, 6) is 0.0577. The number of para-hydroxylation sites is 1. The van der Waals surface area contributed by atoms with Gasteiger partial charge in [0, 0.05) is 10.6 Å². The van der Waals surface area contributed by atoms with Crippen LogP contribution in [-0.4, -0.2) is 15.5 Å². The number of rotatable bonds is 6. The summed E-state index contributed by atoms with van der Waals surface area (Å²) in [5, 5.41) is 0.407. The van der Waals surface area contributed by atoms with Gasteiger partial charge >= 0.3 is 0 Å². The van der Waals surface area contributed by atoms with E-state index >= 15 is 0 Å². The molecule has 0 N–H and O–H groups in total. The van der Waals surface area contributed by atoms with Gasteiger partial charge in [-0.15, -0.1) is 0 Å². The second kappa shape index (κ2) is 8.20. The summed E-state index contributed by atoms with van der Waals surface area (Å²) in [6.07, 6.45) is 0. The van der Waals surface area contributed by atoms with Gasteiger partial charge in [0.2, 0.25) is 0 Å². The fourth-order valence-corrected chi connectivity index (χ4v) is 4.85. The molecule has 0 radical (unpaired) electrons. The molecule has 0 aliphatic rings. The van der Waals surface area contributed by atoms with Crippen LogP contribution in [0.15, 0.2) is 77.7 Å². The van der Waals surface area contributed by atoms with Crippen molar-refractivity contribution in [3.8, 4) is 5.75 Å². The molecule has 0 fully saturated rings. The molecule has 1 atom stereocenters. The molecule has 7 heteroatoms. The van der Waals surface area contributed by atoms with Gasteiger partial charge in [0.05, 0.1) is 23.7 Å². The van der Waals surface area contributed by atoms with Crippen LogP contribution >= 0.6 is 11.6 Å². The molecule has 3 rings (SSSR count). The van der Waals surface area contributed by atoms with E-state index in [0.29, 0.717) is 22.0 Å². The predicted molar refractivity (Wildman–Crippen MR) is 109 cm³/mol. The molecule has 146 valence electrons. The zero-order valence-corrected chi connectivity index (χ0v) is 16.9. The molecule has 0 saturated carbocycles. The summed E-state index contributed by atoms with van der Waals surface area (Å²) in [4.78, 5) is -0.0179. The van der Waals surface area contributed by atoms with Crippen LogP contribution in [0, 0.1) is 5.82 Å². The number of methoxy groups -OCH3 is 1. The molecule has 0 spiro atoms. The van der Waals surface area contributed by atoms with Gasteiger partial charge in [-0.25, -0.2) is 12.8 Å². The van der Waals surface area contributed by atoms with Crippen LogP contribution in [-0.2, 0) is 10.0 Å². The Morgan fingerprint density at radius 3 is 2.32 bits per heavy atom. The maximum absolute atomic E-state index is 13.5. The third-order valence-corrected chi connectivity index (χ3v) is 6.52. The molecule has 0 heterocycles. The summed E-state index contributed by atoms with van der Waals surface area (Å²) in [5.41, 5.74) is 1.09. The van der Waals surface area contributed by atoms with Crippen molar-refractivity contribution >= 4 is 27.3 Å². The third-order valence-electron chi connectivity index (χ3n) is 4.37. The van der Waals surface area contributed by atoms with E-state index in [9.17, 15) is 12.8 Å². The molecule has 0 aliphatic carbocycles. The molecule has 4 nitrogen and oxygen atoms in total. The van der Waals surface area contributed by atoms with Crippen molar-refractivity contribution in [3.63, 3.8) is 0 Å². The molecule has 3 aromatic carbocycles. The minimum absolute atomic E-state index is 0.0179. The maximum atomic E-state index is 13.5. The average molecular weight is 420 g/mol. The summed E-state index contributed by atoms with van der Waals surface area (Å²) < 4.78 is 47.0. The first kappa shape index (κ1) is 20.2. The lowest BCUT2D eigenvalue weighted by Gasteiger charge is -2.31. The highest BCUT2D eigenvalue weighted by Crippen LogP contribution is 2.37. The van der Waals surface area contributed by atoms with E-state index in [-0.39, 0.29) is 4.90 Å². The van der Waals surface area contributed by atoms with Gasteiger partial charge in [0.15, 0.2) is 0 Å². The van der Waals surface area contributed by atoms with Crippen molar-refractivity contribution in [2.45, 2.75) is 17.9 Å². The van der Waals surface area contributed by atoms with Crippen LogP contribution in [0.25, 0.3) is 0 Å². The summed E-state index contributed by atoms with van der Waals surface area (Å²) in [6, 6.07) is 17.9. The van der Waals surface area contributed by atoms with Crippen LogP contribution in [0.2, 0.25) is 5.02 Å². The lowest BCUT2D eigenvalue weighted by molar-refractivity contribution is 0.407. The zero-order valence-electron chi connectivity index (χ0n) is 15.3. The summed E-state index contributed by atoms with van der Waals surface area (Å²) in [7, 11) is -2.48.